The van der Waals surface area contributed by atoms with Crippen molar-refractivity contribution in [1.29, 1.82) is 5.26 Å². The van der Waals surface area contributed by atoms with Crippen LogP contribution in [0.3, 0.4) is 0 Å². The van der Waals surface area contributed by atoms with Crippen molar-refractivity contribution < 1.29 is 22.4 Å². The van der Waals surface area contributed by atoms with Crippen molar-refractivity contribution in [3.8, 4) is 17.9 Å². The van der Waals surface area contributed by atoms with Gasteiger partial charge in [-0.25, -0.2) is 14.2 Å². The summed E-state index contributed by atoms with van der Waals surface area (Å²) in [7, 11) is 0. The number of nitrogens with one attached hydrogen (secondary N) is 2. The summed E-state index contributed by atoms with van der Waals surface area (Å²) in [5, 5.41) is 12.9. The van der Waals surface area contributed by atoms with Gasteiger partial charge in [0.15, 0.2) is 5.69 Å². The zero-order chi connectivity index (χ0) is 23.3. The second-order valence-corrected chi connectivity index (χ2v) is 7.41. The molecule has 164 valence electrons. The number of aromatic nitrogens is 2. The Morgan fingerprint density at radius 3 is 2.66 bits per heavy atom. The number of halogens is 4. The fraction of sp³-hybridized carbons (Fsp3) is 0.300. The molecule has 1 aromatic heterocycles. The van der Waals surface area contributed by atoms with E-state index in [4.69, 9.17) is 11.0 Å². The molecule has 0 spiro atoms. The summed E-state index contributed by atoms with van der Waals surface area (Å²) < 4.78 is 58.1. The Bertz CT molecular complexity index is 1300. The van der Waals surface area contributed by atoms with E-state index in [-0.39, 0.29) is 22.9 Å². The molecule has 1 unspecified atom stereocenters. The highest BCUT2D eigenvalue weighted by Gasteiger charge is 2.59. The van der Waals surface area contributed by atoms with Crippen molar-refractivity contribution in [2.75, 3.05) is 11.1 Å². The molecule has 0 radical (unpaired) electrons. The third-order valence-electron chi connectivity index (χ3n) is 5.13. The van der Waals surface area contributed by atoms with Gasteiger partial charge in [-0.05, 0) is 25.0 Å². The summed E-state index contributed by atoms with van der Waals surface area (Å²) in [6.07, 6.45) is -2.75. The van der Waals surface area contributed by atoms with Crippen LogP contribution in [0.5, 0.6) is 0 Å². The average molecular weight is 446 g/mol. The highest BCUT2D eigenvalue weighted by molar-refractivity contribution is 5.95. The van der Waals surface area contributed by atoms with Gasteiger partial charge in [-0.3, -0.25) is 9.36 Å². The van der Waals surface area contributed by atoms with Crippen LogP contribution in [0.1, 0.15) is 29.7 Å². The smallest absolute Gasteiger partial charge is 0.392 e. The van der Waals surface area contributed by atoms with E-state index in [9.17, 15) is 27.2 Å². The molecule has 4 N–H and O–H groups in total. The first-order chi connectivity index (χ1) is 15.1. The Balaban J connectivity index is 1.82. The normalized spacial score (nSPS) is 19.7. The van der Waals surface area contributed by atoms with Gasteiger partial charge in [-0.2, -0.15) is 18.4 Å². The monoisotopic (exact) mass is 446 g/mol. The van der Waals surface area contributed by atoms with E-state index in [2.05, 4.69) is 22.1 Å². The van der Waals surface area contributed by atoms with E-state index in [0.29, 0.717) is 18.9 Å². The van der Waals surface area contributed by atoms with Crippen LogP contribution in [-0.4, -0.2) is 21.8 Å². The fourth-order valence-corrected chi connectivity index (χ4v) is 3.27. The molecular weight excluding hydrogens is 432 g/mol. The lowest BCUT2D eigenvalue weighted by Crippen LogP contribution is -2.59. The number of anilines is 2. The minimum Gasteiger partial charge on any atom is -0.392 e. The zero-order valence-electron chi connectivity index (χ0n) is 16.2. The Labute approximate surface area is 178 Å². The number of nitriles is 1. The Hall–Kier alpha value is -4.06. The van der Waals surface area contributed by atoms with E-state index in [0.717, 1.165) is 17.0 Å². The number of carbonyl (C=O) groups is 1. The highest BCUT2D eigenvalue weighted by Crippen LogP contribution is 2.45. The van der Waals surface area contributed by atoms with Gasteiger partial charge in [0, 0.05) is 22.7 Å². The lowest BCUT2D eigenvalue weighted by atomic mass is 9.85. The quantitative estimate of drug-likeness (QED) is 0.482. The van der Waals surface area contributed by atoms with Gasteiger partial charge < -0.3 is 16.4 Å². The molecule has 4 rings (SSSR count). The molecule has 2 amide bonds. The van der Waals surface area contributed by atoms with Crippen LogP contribution in [0.25, 0.3) is 0 Å². The standard InChI is InChI=1S/C20H14F4N6O2/c21-13-6-12-14(5-11(13)8-30-9-27-15(7-25)16(26)17(30)31)28-18(32)29-19(12,20(22,23)24)4-3-10-1-2-10/h5-6,9-10H,1-2,8,26H2,(H2,28,29,32). The Kier molecular flexibility index (Phi) is 4.81. The van der Waals surface area contributed by atoms with Crippen LogP contribution in [0.15, 0.2) is 23.3 Å². The van der Waals surface area contributed by atoms with Crippen LogP contribution in [0, 0.1) is 34.9 Å². The van der Waals surface area contributed by atoms with Crippen LogP contribution >= 0.6 is 0 Å². The molecule has 0 bridgehead atoms. The first kappa shape index (κ1) is 21.2. The van der Waals surface area contributed by atoms with Crippen LogP contribution in [0.2, 0.25) is 0 Å². The number of fused-ring (bicyclic) bond motifs is 1. The predicted octanol–water partition coefficient (Wildman–Crippen LogP) is 2.19. The summed E-state index contributed by atoms with van der Waals surface area (Å²) in [6.45, 7) is -0.447. The number of nitrogens with two attached hydrogens (primary N) is 1. The molecule has 1 atom stereocenters. The summed E-state index contributed by atoms with van der Waals surface area (Å²) in [4.78, 5) is 28.0. The maximum Gasteiger partial charge on any atom is 0.427 e. The number of hydrogen-bond acceptors (Lipinski definition) is 5. The van der Waals surface area contributed by atoms with Crippen LogP contribution in [0.4, 0.5) is 33.7 Å². The summed E-state index contributed by atoms with van der Waals surface area (Å²) in [5.74, 6) is 3.37. The van der Waals surface area contributed by atoms with Crippen molar-refractivity contribution in [1.82, 2.24) is 14.9 Å². The van der Waals surface area contributed by atoms with Gasteiger partial charge in [0.25, 0.3) is 5.56 Å². The van der Waals surface area contributed by atoms with Crippen molar-refractivity contribution in [3.05, 3.63) is 51.5 Å². The van der Waals surface area contributed by atoms with Gasteiger partial charge in [0.05, 0.1) is 12.9 Å². The van der Waals surface area contributed by atoms with Crippen LogP contribution < -0.4 is 21.9 Å². The lowest BCUT2D eigenvalue weighted by molar-refractivity contribution is -0.178. The molecule has 1 aromatic carbocycles. The number of alkyl halides is 3. The van der Waals surface area contributed by atoms with Crippen molar-refractivity contribution in [2.24, 2.45) is 5.92 Å². The molecule has 2 heterocycles. The number of urea groups is 1. The number of hydrogen-bond donors (Lipinski definition) is 3. The van der Waals surface area contributed by atoms with Crippen molar-refractivity contribution >= 4 is 17.4 Å². The molecule has 2 aromatic rings. The number of rotatable bonds is 2. The fourth-order valence-electron chi connectivity index (χ4n) is 3.27. The first-order valence-corrected chi connectivity index (χ1v) is 9.32. The topological polar surface area (TPSA) is 126 Å². The van der Waals surface area contributed by atoms with Gasteiger partial charge in [-0.15, -0.1) is 0 Å². The van der Waals surface area contributed by atoms with Crippen molar-refractivity contribution in [2.45, 2.75) is 31.1 Å². The van der Waals surface area contributed by atoms with Gasteiger partial charge in [0.2, 0.25) is 5.54 Å². The molecule has 12 heteroatoms. The van der Waals surface area contributed by atoms with E-state index in [1.54, 1.807) is 6.07 Å². The van der Waals surface area contributed by atoms with E-state index in [1.807, 2.05) is 5.32 Å². The highest BCUT2D eigenvalue weighted by atomic mass is 19.4. The third-order valence-corrected chi connectivity index (χ3v) is 5.13. The molecule has 0 saturated heterocycles. The lowest BCUT2D eigenvalue weighted by Gasteiger charge is -2.37. The zero-order valence-corrected chi connectivity index (χ0v) is 16.2. The average Bonchev–Trinajstić information content (AvgIpc) is 3.54. The first-order valence-electron chi connectivity index (χ1n) is 9.32. The Morgan fingerprint density at radius 1 is 1.31 bits per heavy atom. The van der Waals surface area contributed by atoms with Gasteiger partial charge >= 0.3 is 12.2 Å². The minimum atomic E-state index is -5.03. The summed E-state index contributed by atoms with van der Waals surface area (Å²) in [5.41, 5.74) is -0.202. The number of carbonyl (C=O) groups excluding carboxylic acids is 1. The Morgan fingerprint density at radius 2 is 2.03 bits per heavy atom. The second-order valence-electron chi connectivity index (χ2n) is 7.41. The molecule has 1 aliphatic heterocycles. The van der Waals surface area contributed by atoms with E-state index >= 15 is 0 Å². The molecule has 32 heavy (non-hydrogen) atoms. The second kappa shape index (κ2) is 7.27. The van der Waals surface area contributed by atoms with Gasteiger partial charge in [0.1, 0.15) is 17.6 Å². The molecule has 1 fully saturated rings. The minimum absolute atomic E-state index is 0.199. The molecule has 1 aliphatic carbocycles. The van der Waals surface area contributed by atoms with Crippen LogP contribution in [-0.2, 0) is 12.1 Å². The number of benzene rings is 1. The number of amides is 2. The number of nitrogen functional groups attached to an aromatic ring is 1. The van der Waals surface area contributed by atoms with Crippen molar-refractivity contribution in [3.63, 3.8) is 0 Å². The predicted molar refractivity (Wildman–Crippen MR) is 104 cm³/mol. The number of nitrogens with zero attached hydrogens (tertiary/aromatic N) is 3. The summed E-state index contributed by atoms with van der Waals surface area (Å²) in [6, 6.07) is 2.12. The maximum absolute atomic E-state index is 14.9. The van der Waals surface area contributed by atoms with E-state index in [1.165, 1.54) is 0 Å². The van der Waals surface area contributed by atoms with E-state index < -0.39 is 46.9 Å². The largest absolute Gasteiger partial charge is 0.427 e. The molecular formula is C20H14F4N6O2. The van der Waals surface area contributed by atoms with Gasteiger partial charge in [-0.1, -0.05) is 11.8 Å². The molecule has 1 saturated carbocycles. The maximum atomic E-state index is 14.9. The molecule has 8 nitrogen and oxygen atoms in total. The molecule has 2 aliphatic rings. The third kappa shape index (κ3) is 3.50. The summed E-state index contributed by atoms with van der Waals surface area (Å²) >= 11 is 0. The SMILES string of the molecule is N#Cc1ncn(Cc2cc3c(cc2F)C(C#CC2CC2)(C(F)(F)F)NC(=O)N3)c(=O)c1N.